The lowest BCUT2D eigenvalue weighted by molar-refractivity contribution is -0.207. The van der Waals surface area contributed by atoms with Crippen LogP contribution in [0.25, 0.3) is 5.57 Å². The minimum absolute atomic E-state index is 0.372. The number of aliphatic hydroxyl groups is 1. The number of ether oxygens (including phenoxy) is 2. The lowest BCUT2D eigenvalue weighted by atomic mass is 9.99. The second kappa shape index (κ2) is 7.23. The van der Waals surface area contributed by atoms with Gasteiger partial charge in [-0.3, -0.25) is 4.90 Å². The molecule has 2 rings (SSSR count). The summed E-state index contributed by atoms with van der Waals surface area (Å²) in [5.74, 6) is 1.24. The highest BCUT2D eigenvalue weighted by Crippen LogP contribution is 2.32. The van der Waals surface area contributed by atoms with E-state index in [1.54, 1.807) is 25.2 Å². The molecule has 1 atom stereocenters. The lowest BCUT2D eigenvalue weighted by Crippen LogP contribution is -2.42. The normalized spacial score (nSPS) is 17.6. The first-order chi connectivity index (χ1) is 10.8. The van der Waals surface area contributed by atoms with Crippen LogP contribution in [0.1, 0.15) is 12.0 Å². The summed E-state index contributed by atoms with van der Waals surface area (Å²) in [5, 5.41) is 9.13. The summed E-state index contributed by atoms with van der Waals surface area (Å²) < 4.78 is 47.6. The highest BCUT2D eigenvalue weighted by Gasteiger charge is 2.39. The maximum Gasteiger partial charge on any atom is 0.415 e. The van der Waals surface area contributed by atoms with E-state index in [4.69, 9.17) is 14.6 Å². The summed E-state index contributed by atoms with van der Waals surface area (Å²) in [7, 11) is 3.11. The average Bonchev–Trinajstić information content (AvgIpc) is 2.54. The molecule has 1 aliphatic heterocycles. The summed E-state index contributed by atoms with van der Waals surface area (Å²) in [5.41, 5.74) is 2.00. The lowest BCUT2D eigenvalue weighted by Gasteiger charge is -2.29. The van der Waals surface area contributed by atoms with Crippen LogP contribution in [0.2, 0.25) is 0 Å². The number of methoxy groups -OCH3 is 2. The Hall–Kier alpha value is -1.73. The molecule has 23 heavy (non-hydrogen) atoms. The standard InChI is InChI=1S/C16H20F3NO3/c1-22-13-4-3-12(9-14(13)23-2)11-5-7-20(8-6-11)10-15(21)16(17,18)19/h3-5,9,15,21H,6-8,10H2,1-2H3. The Morgan fingerprint density at radius 1 is 1.22 bits per heavy atom. The van der Waals surface area contributed by atoms with Crippen molar-refractivity contribution in [3.05, 3.63) is 29.8 Å². The van der Waals surface area contributed by atoms with Crippen molar-refractivity contribution in [1.82, 2.24) is 4.90 Å². The van der Waals surface area contributed by atoms with Crippen LogP contribution in [0.5, 0.6) is 11.5 Å². The molecule has 0 saturated carbocycles. The van der Waals surface area contributed by atoms with Gasteiger partial charge in [0, 0.05) is 19.6 Å². The summed E-state index contributed by atoms with van der Waals surface area (Å²) in [6.07, 6.45) is -4.39. The van der Waals surface area contributed by atoms with E-state index in [2.05, 4.69) is 0 Å². The molecule has 0 aliphatic carbocycles. The predicted molar refractivity (Wildman–Crippen MR) is 80.6 cm³/mol. The number of nitrogens with zero attached hydrogens (tertiary/aromatic N) is 1. The largest absolute Gasteiger partial charge is 0.493 e. The van der Waals surface area contributed by atoms with Gasteiger partial charge < -0.3 is 14.6 Å². The number of alkyl halides is 3. The molecule has 1 aromatic rings. The number of aliphatic hydroxyl groups excluding tert-OH is 1. The van der Waals surface area contributed by atoms with Crippen LogP contribution >= 0.6 is 0 Å². The molecule has 0 radical (unpaired) electrons. The van der Waals surface area contributed by atoms with Crippen LogP contribution in [-0.2, 0) is 0 Å². The first-order valence-electron chi connectivity index (χ1n) is 7.23. The predicted octanol–water partition coefficient (Wildman–Crippen LogP) is 2.72. The van der Waals surface area contributed by atoms with Gasteiger partial charge in [0.15, 0.2) is 17.6 Å². The van der Waals surface area contributed by atoms with Gasteiger partial charge in [-0.1, -0.05) is 12.1 Å². The molecule has 0 amide bonds. The molecular formula is C16H20F3NO3. The molecule has 4 nitrogen and oxygen atoms in total. The zero-order chi connectivity index (χ0) is 17.0. The minimum atomic E-state index is -4.58. The molecule has 7 heteroatoms. The fourth-order valence-corrected chi connectivity index (χ4v) is 2.52. The molecule has 0 aromatic heterocycles. The maximum absolute atomic E-state index is 12.4. The zero-order valence-corrected chi connectivity index (χ0v) is 13.1. The molecule has 1 heterocycles. The second-order valence-electron chi connectivity index (χ2n) is 5.37. The van der Waals surface area contributed by atoms with Crippen LogP contribution < -0.4 is 9.47 Å². The van der Waals surface area contributed by atoms with E-state index in [9.17, 15) is 13.2 Å². The van der Waals surface area contributed by atoms with E-state index in [1.165, 1.54) is 0 Å². The molecule has 1 unspecified atom stereocenters. The third kappa shape index (κ3) is 4.39. The third-order valence-corrected chi connectivity index (χ3v) is 3.86. The van der Waals surface area contributed by atoms with Crippen molar-refractivity contribution < 1.29 is 27.8 Å². The first-order valence-corrected chi connectivity index (χ1v) is 7.23. The molecule has 0 spiro atoms. The van der Waals surface area contributed by atoms with Crippen LogP contribution in [0.4, 0.5) is 13.2 Å². The van der Waals surface area contributed by atoms with Crippen LogP contribution in [-0.4, -0.2) is 56.1 Å². The Balaban J connectivity index is 2.04. The monoisotopic (exact) mass is 331 g/mol. The van der Waals surface area contributed by atoms with E-state index in [0.717, 1.165) is 11.1 Å². The number of halogens is 3. The van der Waals surface area contributed by atoms with E-state index >= 15 is 0 Å². The Morgan fingerprint density at radius 3 is 2.43 bits per heavy atom. The third-order valence-electron chi connectivity index (χ3n) is 3.86. The van der Waals surface area contributed by atoms with Gasteiger partial charge in [-0.05, 0) is 29.7 Å². The fourth-order valence-electron chi connectivity index (χ4n) is 2.52. The molecule has 0 fully saturated rings. The van der Waals surface area contributed by atoms with E-state index in [0.29, 0.717) is 31.0 Å². The molecule has 0 saturated heterocycles. The van der Waals surface area contributed by atoms with Gasteiger partial charge in [-0.2, -0.15) is 13.2 Å². The van der Waals surface area contributed by atoms with Crippen molar-refractivity contribution in [3.63, 3.8) is 0 Å². The van der Waals surface area contributed by atoms with E-state index in [1.807, 2.05) is 18.2 Å². The van der Waals surface area contributed by atoms with Crippen molar-refractivity contribution in [3.8, 4) is 11.5 Å². The SMILES string of the molecule is COc1ccc(C2=CCN(CC(O)C(F)(F)F)CC2)cc1OC. The van der Waals surface area contributed by atoms with E-state index < -0.39 is 18.8 Å². The van der Waals surface area contributed by atoms with Crippen molar-refractivity contribution in [2.45, 2.75) is 18.7 Å². The smallest absolute Gasteiger partial charge is 0.415 e. The van der Waals surface area contributed by atoms with Crippen molar-refractivity contribution in [2.75, 3.05) is 33.9 Å². The van der Waals surface area contributed by atoms with Crippen LogP contribution in [0.15, 0.2) is 24.3 Å². The Kier molecular flexibility index (Phi) is 5.54. The van der Waals surface area contributed by atoms with Gasteiger partial charge in [-0.25, -0.2) is 0 Å². The molecule has 1 N–H and O–H groups in total. The van der Waals surface area contributed by atoms with Crippen LogP contribution in [0.3, 0.4) is 0 Å². The number of hydrogen-bond acceptors (Lipinski definition) is 4. The van der Waals surface area contributed by atoms with Crippen LogP contribution in [0, 0.1) is 0 Å². The molecule has 128 valence electrons. The Labute approximate surface area is 133 Å². The average molecular weight is 331 g/mol. The molecule has 1 aromatic carbocycles. The van der Waals surface area contributed by atoms with Crippen molar-refractivity contribution in [1.29, 1.82) is 0 Å². The summed E-state index contributed by atoms with van der Waals surface area (Å²) >= 11 is 0. The van der Waals surface area contributed by atoms with Gasteiger partial charge in [0.05, 0.1) is 14.2 Å². The topological polar surface area (TPSA) is 41.9 Å². The quantitative estimate of drug-likeness (QED) is 0.901. The number of β-amino-alcohol motifs (C(OH)–C–C–N with tert-alkyl or cyclic N) is 1. The summed E-state index contributed by atoms with van der Waals surface area (Å²) in [4.78, 5) is 1.59. The zero-order valence-electron chi connectivity index (χ0n) is 13.1. The summed E-state index contributed by atoms with van der Waals surface area (Å²) in [6.45, 7) is 0.434. The molecular weight excluding hydrogens is 311 g/mol. The maximum atomic E-state index is 12.4. The summed E-state index contributed by atoms with van der Waals surface area (Å²) in [6, 6.07) is 5.55. The Morgan fingerprint density at radius 2 is 1.91 bits per heavy atom. The van der Waals surface area contributed by atoms with Gasteiger partial charge in [0.25, 0.3) is 0 Å². The van der Waals surface area contributed by atoms with Crippen molar-refractivity contribution in [2.24, 2.45) is 0 Å². The molecule has 1 aliphatic rings. The number of rotatable bonds is 5. The minimum Gasteiger partial charge on any atom is -0.493 e. The Bertz CT molecular complexity index is 572. The van der Waals surface area contributed by atoms with Gasteiger partial charge in [-0.15, -0.1) is 0 Å². The fraction of sp³-hybridized carbons (Fsp3) is 0.500. The van der Waals surface area contributed by atoms with Gasteiger partial charge in [0.2, 0.25) is 0 Å². The second-order valence-corrected chi connectivity index (χ2v) is 5.37. The van der Waals surface area contributed by atoms with E-state index in [-0.39, 0.29) is 0 Å². The highest BCUT2D eigenvalue weighted by molar-refractivity contribution is 5.69. The van der Waals surface area contributed by atoms with Gasteiger partial charge in [0.1, 0.15) is 0 Å². The highest BCUT2D eigenvalue weighted by atomic mass is 19.4. The number of benzene rings is 1. The van der Waals surface area contributed by atoms with Crippen molar-refractivity contribution >= 4 is 5.57 Å². The number of hydrogen-bond donors (Lipinski definition) is 1. The van der Waals surface area contributed by atoms with Gasteiger partial charge >= 0.3 is 6.18 Å². The molecule has 0 bridgehead atoms. The first kappa shape index (κ1) is 17.6.